The van der Waals surface area contributed by atoms with E-state index in [1.807, 2.05) is 7.05 Å². The summed E-state index contributed by atoms with van der Waals surface area (Å²) in [5, 5.41) is 11.4. The molecule has 0 aromatic carbocycles. The number of ether oxygens (including phenoxy) is 1. The molecule has 0 radical (unpaired) electrons. The topological polar surface area (TPSA) is 56.1 Å². The summed E-state index contributed by atoms with van der Waals surface area (Å²) in [6, 6.07) is 0.346. The molecular formula is C7H13N5O. The number of hydrogen-bond donors (Lipinski definition) is 0. The van der Waals surface area contributed by atoms with E-state index >= 15 is 0 Å². The van der Waals surface area contributed by atoms with Crippen molar-refractivity contribution >= 4 is 5.95 Å². The lowest BCUT2D eigenvalue weighted by molar-refractivity contribution is 0.0977. The zero-order valence-electron chi connectivity index (χ0n) is 7.84. The number of aromatic nitrogens is 4. The van der Waals surface area contributed by atoms with Crippen molar-refractivity contribution < 1.29 is 4.74 Å². The van der Waals surface area contributed by atoms with E-state index < -0.39 is 0 Å². The second-order valence-electron chi connectivity index (χ2n) is 3.22. The maximum absolute atomic E-state index is 5.33. The Morgan fingerprint density at radius 1 is 1.54 bits per heavy atom. The van der Waals surface area contributed by atoms with Crippen LogP contribution in [-0.2, 0) is 11.8 Å². The SMILES string of the molecule is C[C@@H]1COCCN1c1nnnn1C. The zero-order valence-corrected chi connectivity index (χ0v) is 7.84. The van der Waals surface area contributed by atoms with Crippen LogP contribution >= 0.6 is 0 Å². The monoisotopic (exact) mass is 183 g/mol. The molecule has 0 bridgehead atoms. The van der Waals surface area contributed by atoms with E-state index in [4.69, 9.17) is 4.74 Å². The summed E-state index contributed by atoms with van der Waals surface area (Å²) < 4.78 is 7.01. The molecule has 2 heterocycles. The Kier molecular flexibility index (Phi) is 2.13. The number of anilines is 1. The highest BCUT2D eigenvalue weighted by Gasteiger charge is 2.22. The molecule has 6 nitrogen and oxygen atoms in total. The molecule has 6 heteroatoms. The normalized spacial score (nSPS) is 23.5. The van der Waals surface area contributed by atoms with Crippen LogP contribution in [0.3, 0.4) is 0 Å². The number of hydrogen-bond acceptors (Lipinski definition) is 5. The van der Waals surface area contributed by atoms with Gasteiger partial charge in [-0.2, -0.15) is 0 Å². The van der Waals surface area contributed by atoms with Gasteiger partial charge in [-0.05, 0) is 17.4 Å². The van der Waals surface area contributed by atoms with Gasteiger partial charge in [0.2, 0.25) is 5.95 Å². The molecule has 1 fully saturated rings. The van der Waals surface area contributed by atoms with Crippen molar-refractivity contribution in [3.8, 4) is 0 Å². The van der Waals surface area contributed by atoms with Crippen LogP contribution in [0.2, 0.25) is 0 Å². The first-order valence-corrected chi connectivity index (χ1v) is 4.36. The summed E-state index contributed by atoms with van der Waals surface area (Å²) in [5.41, 5.74) is 0. The third kappa shape index (κ3) is 1.49. The third-order valence-corrected chi connectivity index (χ3v) is 2.22. The van der Waals surface area contributed by atoms with Gasteiger partial charge in [0.05, 0.1) is 19.3 Å². The fourth-order valence-corrected chi connectivity index (χ4v) is 1.49. The average Bonchev–Trinajstić information content (AvgIpc) is 2.52. The molecular weight excluding hydrogens is 170 g/mol. The lowest BCUT2D eigenvalue weighted by atomic mass is 10.3. The van der Waals surface area contributed by atoms with Gasteiger partial charge in [0, 0.05) is 13.6 Å². The van der Waals surface area contributed by atoms with Crippen LogP contribution in [-0.4, -0.2) is 46.0 Å². The molecule has 1 atom stereocenters. The quantitative estimate of drug-likeness (QED) is 0.584. The van der Waals surface area contributed by atoms with Crippen molar-refractivity contribution in [3.05, 3.63) is 0 Å². The zero-order chi connectivity index (χ0) is 9.26. The molecule has 13 heavy (non-hydrogen) atoms. The summed E-state index contributed by atoms with van der Waals surface area (Å²) in [5.74, 6) is 0.816. The Hall–Kier alpha value is -1.17. The van der Waals surface area contributed by atoms with Crippen LogP contribution in [0.25, 0.3) is 0 Å². The molecule has 1 aromatic heterocycles. The first-order chi connectivity index (χ1) is 6.29. The van der Waals surface area contributed by atoms with E-state index in [1.54, 1.807) is 4.68 Å². The van der Waals surface area contributed by atoms with Crippen LogP contribution in [0.1, 0.15) is 6.92 Å². The minimum Gasteiger partial charge on any atom is -0.377 e. The van der Waals surface area contributed by atoms with Gasteiger partial charge in [-0.25, -0.2) is 4.68 Å². The number of rotatable bonds is 1. The van der Waals surface area contributed by atoms with Gasteiger partial charge in [0.1, 0.15) is 0 Å². The second kappa shape index (κ2) is 3.29. The molecule has 1 saturated heterocycles. The summed E-state index contributed by atoms with van der Waals surface area (Å²) in [4.78, 5) is 2.16. The van der Waals surface area contributed by atoms with Gasteiger partial charge in [0.25, 0.3) is 0 Å². The standard InChI is InChI=1S/C7H13N5O/c1-6-5-13-4-3-12(6)7-8-9-10-11(7)2/h6H,3-5H2,1-2H3/t6-/m1/s1. The van der Waals surface area contributed by atoms with Crippen LogP contribution in [0.15, 0.2) is 0 Å². The van der Waals surface area contributed by atoms with Gasteiger partial charge in [0.15, 0.2) is 0 Å². The molecule has 0 saturated carbocycles. The molecule has 0 spiro atoms. The predicted octanol–water partition coefficient (Wildman–Crippen LogP) is -0.565. The maximum atomic E-state index is 5.33. The van der Waals surface area contributed by atoms with Gasteiger partial charge in [-0.1, -0.05) is 5.10 Å². The third-order valence-electron chi connectivity index (χ3n) is 2.22. The van der Waals surface area contributed by atoms with Crippen molar-refractivity contribution in [2.75, 3.05) is 24.7 Å². The van der Waals surface area contributed by atoms with Crippen molar-refractivity contribution in [2.24, 2.45) is 7.05 Å². The number of tetrazole rings is 1. The minimum atomic E-state index is 0.346. The number of morpholine rings is 1. The summed E-state index contributed by atoms with van der Waals surface area (Å²) >= 11 is 0. The summed E-state index contributed by atoms with van der Waals surface area (Å²) in [6.07, 6.45) is 0. The van der Waals surface area contributed by atoms with E-state index in [1.165, 1.54) is 0 Å². The molecule has 0 unspecified atom stereocenters. The molecule has 72 valence electrons. The summed E-state index contributed by atoms with van der Waals surface area (Å²) in [6.45, 7) is 4.45. The smallest absolute Gasteiger partial charge is 0.245 e. The highest BCUT2D eigenvalue weighted by atomic mass is 16.5. The van der Waals surface area contributed by atoms with Crippen molar-refractivity contribution in [1.82, 2.24) is 20.2 Å². The first-order valence-electron chi connectivity index (χ1n) is 4.36. The predicted molar refractivity (Wildman–Crippen MR) is 46.4 cm³/mol. The van der Waals surface area contributed by atoms with Crippen molar-refractivity contribution in [1.29, 1.82) is 0 Å². The van der Waals surface area contributed by atoms with Crippen molar-refractivity contribution in [3.63, 3.8) is 0 Å². The van der Waals surface area contributed by atoms with Gasteiger partial charge in [-0.3, -0.25) is 0 Å². The lowest BCUT2D eigenvalue weighted by Crippen LogP contribution is -2.45. The molecule has 0 aliphatic carbocycles. The van der Waals surface area contributed by atoms with Crippen LogP contribution in [0.4, 0.5) is 5.95 Å². The van der Waals surface area contributed by atoms with Crippen molar-refractivity contribution in [2.45, 2.75) is 13.0 Å². The highest BCUT2D eigenvalue weighted by Crippen LogP contribution is 2.14. The van der Waals surface area contributed by atoms with Crippen LogP contribution in [0.5, 0.6) is 0 Å². The average molecular weight is 183 g/mol. The fraction of sp³-hybridized carbons (Fsp3) is 0.857. The molecule has 0 amide bonds. The lowest BCUT2D eigenvalue weighted by Gasteiger charge is -2.32. The van der Waals surface area contributed by atoms with Gasteiger partial charge < -0.3 is 9.64 Å². The van der Waals surface area contributed by atoms with Crippen LogP contribution in [0, 0.1) is 0 Å². The Balaban J connectivity index is 2.19. The minimum absolute atomic E-state index is 0.346. The number of aryl methyl sites for hydroxylation is 1. The van der Waals surface area contributed by atoms with E-state index in [0.29, 0.717) is 6.04 Å². The highest BCUT2D eigenvalue weighted by molar-refractivity contribution is 5.30. The molecule has 1 aromatic rings. The molecule has 1 aliphatic rings. The van der Waals surface area contributed by atoms with Crippen LogP contribution < -0.4 is 4.90 Å². The van der Waals surface area contributed by atoms with Gasteiger partial charge in [-0.15, -0.1) is 0 Å². The second-order valence-corrected chi connectivity index (χ2v) is 3.22. The first kappa shape index (κ1) is 8.43. The molecule has 0 N–H and O–H groups in total. The van der Waals surface area contributed by atoms with E-state index in [9.17, 15) is 0 Å². The Labute approximate surface area is 76.5 Å². The largest absolute Gasteiger partial charge is 0.377 e. The Morgan fingerprint density at radius 3 is 3.00 bits per heavy atom. The van der Waals surface area contributed by atoms with E-state index in [-0.39, 0.29) is 0 Å². The Morgan fingerprint density at radius 2 is 2.38 bits per heavy atom. The maximum Gasteiger partial charge on any atom is 0.245 e. The summed E-state index contributed by atoms with van der Waals surface area (Å²) in [7, 11) is 1.84. The van der Waals surface area contributed by atoms with Gasteiger partial charge >= 0.3 is 0 Å². The fourth-order valence-electron chi connectivity index (χ4n) is 1.49. The molecule has 1 aliphatic heterocycles. The van der Waals surface area contributed by atoms with E-state index in [0.717, 1.165) is 25.7 Å². The van der Waals surface area contributed by atoms with E-state index in [2.05, 4.69) is 27.3 Å². The molecule has 2 rings (SSSR count). The number of nitrogens with zero attached hydrogens (tertiary/aromatic N) is 5. The Bertz CT molecular complexity index is 286.